The topological polar surface area (TPSA) is 130 Å². The summed E-state index contributed by atoms with van der Waals surface area (Å²) < 4.78 is 6.98. The van der Waals surface area contributed by atoms with E-state index in [-0.39, 0.29) is 34.5 Å². The number of anilines is 1. The number of azo groups is 1. The van der Waals surface area contributed by atoms with E-state index < -0.39 is 0 Å². The highest BCUT2D eigenvalue weighted by atomic mass is 16.5. The molecule has 0 saturated carbocycles. The van der Waals surface area contributed by atoms with Crippen molar-refractivity contribution in [1.82, 2.24) is 19.7 Å². The monoisotopic (exact) mass is 474 g/mol. The fourth-order valence-electron chi connectivity index (χ4n) is 3.67. The van der Waals surface area contributed by atoms with Crippen LogP contribution in [0.2, 0.25) is 0 Å². The lowest BCUT2D eigenvalue weighted by molar-refractivity contribution is 0.102. The summed E-state index contributed by atoms with van der Waals surface area (Å²) in [6, 6.07) is 22.0. The number of fused-ring (bicyclic) bond motifs is 1. The molecule has 5 rings (SSSR count). The first-order valence-electron chi connectivity index (χ1n) is 10.8. The van der Waals surface area contributed by atoms with Gasteiger partial charge in [-0.05, 0) is 29.7 Å². The quantitative estimate of drug-likeness (QED) is 0.330. The van der Waals surface area contributed by atoms with Gasteiger partial charge in [0.1, 0.15) is 17.3 Å². The van der Waals surface area contributed by atoms with Gasteiger partial charge in [0.25, 0.3) is 11.9 Å². The molecule has 3 aromatic carbocycles. The Morgan fingerprint density at radius 1 is 1.03 bits per heavy atom. The van der Waals surface area contributed by atoms with Crippen molar-refractivity contribution in [3.05, 3.63) is 96.4 Å². The van der Waals surface area contributed by atoms with Crippen molar-refractivity contribution >= 4 is 33.9 Å². The summed E-state index contributed by atoms with van der Waals surface area (Å²) in [5.74, 6) is 0.266. The van der Waals surface area contributed by atoms with E-state index in [4.69, 9.17) is 4.74 Å². The molecular formula is C26H18N8O2. The molecule has 0 saturated heterocycles. The van der Waals surface area contributed by atoms with Crippen molar-refractivity contribution < 1.29 is 9.53 Å². The van der Waals surface area contributed by atoms with Crippen molar-refractivity contribution in [3.63, 3.8) is 0 Å². The summed E-state index contributed by atoms with van der Waals surface area (Å²) in [7, 11) is 1.46. The number of nitrogens with one attached hydrogen (secondary N) is 1. The third kappa shape index (κ3) is 4.24. The van der Waals surface area contributed by atoms with E-state index in [1.807, 2.05) is 42.5 Å². The van der Waals surface area contributed by atoms with Crippen molar-refractivity contribution in [2.24, 2.45) is 10.2 Å². The van der Waals surface area contributed by atoms with E-state index in [1.165, 1.54) is 18.0 Å². The molecule has 5 aromatic rings. The van der Waals surface area contributed by atoms with E-state index >= 15 is 0 Å². The second kappa shape index (κ2) is 9.82. The molecule has 1 N–H and O–H groups in total. The van der Waals surface area contributed by atoms with E-state index in [0.717, 1.165) is 10.8 Å². The lowest BCUT2D eigenvalue weighted by Gasteiger charge is -2.14. The molecule has 0 unspecified atom stereocenters. The van der Waals surface area contributed by atoms with Gasteiger partial charge in [-0.15, -0.1) is 10.2 Å². The van der Waals surface area contributed by atoms with Crippen LogP contribution in [0.1, 0.15) is 15.9 Å². The summed E-state index contributed by atoms with van der Waals surface area (Å²) in [5, 5.41) is 26.9. The largest absolute Gasteiger partial charge is 0.494 e. The molecule has 10 heteroatoms. The molecule has 2 aromatic heterocycles. The average molecular weight is 474 g/mol. The zero-order valence-corrected chi connectivity index (χ0v) is 19.0. The molecule has 2 heterocycles. The van der Waals surface area contributed by atoms with Gasteiger partial charge in [0.15, 0.2) is 11.6 Å². The molecule has 10 nitrogen and oxygen atoms in total. The highest BCUT2D eigenvalue weighted by molar-refractivity contribution is 6.11. The standard InChI is InChI=1S/C26H18N8O2/c1-36-23-21(25(35)31-19-9-3-2-4-10-19)14-17-8-5-6-11-20(17)22(23)32-33-24-18(15-27)16-30-34(24)26-28-12-7-13-29-26/h2-14,16H,1H3,(H,31,35)/b33-32+. The minimum absolute atomic E-state index is 0.147. The number of carbonyl (C=O) groups excluding carboxylic acids is 1. The number of para-hydroxylation sites is 1. The van der Waals surface area contributed by atoms with E-state index in [2.05, 4.69) is 36.7 Å². The number of nitriles is 1. The number of benzene rings is 3. The Morgan fingerprint density at radius 3 is 2.53 bits per heavy atom. The Bertz CT molecular complexity index is 1620. The summed E-state index contributed by atoms with van der Waals surface area (Å²) in [6.45, 7) is 0. The van der Waals surface area contributed by atoms with Gasteiger partial charge < -0.3 is 10.1 Å². The Kier molecular flexibility index (Phi) is 6.10. The molecular weight excluding hydrogens is 456 g/mol. The summed E-state index contributed by atoms with van der Waals surface area (Å²) in [5.41, 5.74) is 1.45. The Morgan fingerprint density at radius 2 is 1.78 bits per heavy atom. The first-order valence-corrected chi connectivity index (χ1v) is 10.8. The highest BCUT2D eigenvalue weighted by Gasteiger charge is 2.21. The average Bonchev–Trinajstić information content (AvgIpc) is 3.35. The van der Waals surface area contributed by atoms with Crippen molar-refractivity contribution in [1.29, 1.82) is 5.26 Å². The Balaban J connectivity index is 1.64. The van der Waals surface area contributed by atoms with Gasteiger partial charge in [0.05, 0.1) is 18.9 Å². The minimum atomic E-state index is -0.360. The lowest BCUT2D eigenvalue weighted by Crippen LogP contribution is -2.13. The first kappa shape index (κ1) is 22.4. The number of amides is 1. The van der Waals surface area contributed by atoms with Gasteiger partial charge in [-0.3, -0.25) is 4.79 Å². The van der Waals surface area contributed by atoms with Crippen molar-refractivity contribution in [2.75, 3.05) is 12.4 Å². The molecule has 1 amide bonds. The number of ether oxygens (including phenoxy) is 1. The second-order valence-corrected chi connectivity index (χ2v) is 7.50. The minimum Gasteiger partial charge on any atom is -0.494 e. The van der Waals surface area contributed by atoms with Crippen LogP contribution in [0.4, 0.5) is 17.2 Å². The maximum atomic E-state index is 13.2. The van der Waals surface area contributed by atoms with Crippen LogP contribution >= 0.6 is 0 Å². The maximum Gasteiger partial charge on any atom is 0.259 e. The summed E-state index contributed by atoms with van der Waals surface area (Å²) in [6.07, 6.45) is 4.48. The fraction of sp³-hybridized carbons (Fsp3) is 0.0385. The first-order chi connectivity index (χ1) is 17.7. The maximum absolute atomic E-state index is 13.2. The van der Waals surface area contributed by atoms with Crippen molar-refractivity contribution in [2.45, 2.75) is 0 Å². The molecule has 0 radical (unpaired) electrons. The van der Waals surface area contributed by atoms with Crippen LogP contribution in [-0.2, 0) is 0 Å². The zero-order chi connectivity index (χ0) is 24.9. The van der Waals surface area contributed by atoms with Crippen LogP contribution in [0.25, 0.3) is 16.7 Å². The molecule has 0 aliphatic carbocycles. The number of rotatable bonds is 6. The van der Waals surface area contributed by atoms with Crippen LogP contribution in [0.3, 0.4) is 0 Å². The highest BCUT2D eigenvalue weighted by Crippen LogP contribution is 2.40. The SMILES string of the molecule is COc1c(C(=O)Nc2ccccc2)cc2ccccc2c1/N=N/c1c(C#N)cnn1-c1ncccn1. The Labute approximate surface area is 205 Å². The smallest absolute Gasteiger partial charge is 0.259 e. The number of hydrogen-bond acceptors (Lipinski definition) is 8. The van der Waals surface area contributed by atoms with Gasteiger partial charge in [0.2, 0.25) is 0 Å². The third-order valence-electron chi connectivity index (χ3n) is 5.31. The van der Waals surface area contributed by atoms with Gasteiger partial charge in [-0.2, -0.15) is 15.0 Å². The molecule has 0 aliphatic heterocycles. The summed E-state index contributed by atoms with van der Waals surface area (Å²) >= 11 is 0. The molecule has 0 bridgehead atoms. The predicted molar refractivity (Wildman–Crippen MR) is 133 cm³/mol. The number of carbonyl (C=O) groups is 1. The van der Waals surface area contributed by atoms with E-state index in [9.17, 15) is 10.1 Å². The number of nitrogens with zero attached hydrogens (tertiary/aromatic N) is 7. The molecule has 0 atom stereocenters. The van der Waals surface area contributed by atoms with Gasteiger partial charge in [-0.1, -0.05) is 42.5 Å². The number of methoxy groups -OCH3 is 1. The van der Waals surface area contributed by atoms with Crippen molar-refractivity contribution in [3.8, 4) is 17.8 Å². The molecule has 36 heavy (non-hydrogen) atoms. The van der Waals surface area contributed by atoms with Gasteiger partial charge in [-0.25, -0.2) is 9.97 Å². The summed E-state index contributed by atoms with van der Waals surface area (Å²) in [4.78, 5) is 21.6. The van der Waals surface area contributed by atoms with E-state index in [1.54, 1.807) is 36.7 Å². The molecule has 174 valence electrons. The van der Waals surface area contributed by atoms with Crippen LogP contribution in [-0.4, -0.2) is 32.8 Å². The predicted octanol–water partition coefficient (Wildman–Crippen LogP) is 5.36. The van der Waals surface area contributed by atoms with Crippen LogP contribution in [0.5, 0.6) is 5.75 Å². The fourth-order valence-corrected chi connectivity index (χ4v) is 3.67. The molecule has 0 spiro atoms. The van der Waals surface area contributed by atoms with Gasteiger partial charge >= 0.3 is 0 Å². The van der Waals surface area contributed by atoms with E-state index in [0.29, 0.717) is 11.4 Å². The number of hydrogen-bond donors (Lipinski definition) is 1. The number of aromatic nitrogens is 4. The lowest BCUT2D eigenvalue weighted by atomic mass is 10.0. The third-order valence-corrected chi connectivity index (χ3v) is 5.31. The second-order valence-electron chi connectivity index (χ2n) is 7.50. The van der Waals surface area contributed by atoms with Crippen LogP contribution < -0.4 is 10.1 Å². The molecule has 0 fully saturated rings. The van der Waals surface area contributed by atoms with Gasteiger partial charge in [0, 0.05) is 23.5 Å². The normalized spacial score (nSPS) is 10.9. The van der Waals surface area contributed by atoms with Crippen LogP contribution in [0.15, 0.2) is 95.5 Å². The Hall–Kier alpha value is -5.43. The molecule has 0 aliphatic rings. The zero-order valence-electron chi connectivity index (χ0n) is 19.0. The van der Waals surface area contributed by atoms with Crippen LogP contribution in [0, 0.1) is 11.3 Å².